The number of aryl methyl sites for hydroxylation is 1. The molecule has 0 spiro atoms. The van der Waals surface area contributed by atoms with E-state index in [-0.39, 0.29) is 17.4 Å². The first-order valence-corrected chi connectivity index (χ1v) is 7.11. The molecular formula is C13H23N3OS. The zero-order valence-electron chi connectivity index (χ0n) is 11.8. The molecule has 0 aromatic carbocycles. The Bertz CT molecular complexity index is 409. The number of aromatic nitrogens is 1. The Balaban J connectivity index is 2.73. The molecule has 0 aliphatic rings. The van der Waals surface area contributed by atoms with Gasteiger partial charge >= 0.3 is 0 Å². The fraction of sp³-hybridized carbons (Fsp3) is 0.692. The molecule has 1 aromatic rings. The van der Waals surface area contributed by atoms with Gasteiger partial charge in [0.25, 0.3) is 0 Å². The summed E-state index contributed by atoms with van der Waals surface area (Å²) in [6, 6.07) is -0.544. The van der Waals surface area contributed by atoms with Crippen LogP contribution in [0, 0.1) is 12.3 Å². The van der Waals surface area contributed by atoms with Gasteiger partial charge in [0.2, 0.25) is 5.91 Å². The third kappa shape index (κ3) is 3.78. The van der Waals surface area contributed by atoms with Gasteiger partial charge in [-0.1, -0.05) is 27.7 Å². The predicted molar refractivity (Wildman–Crippen MR) is 75.5 cm³/mol. The van der Waals surface area contributed by atoms with Gasteiger partial charge in [0.1, 0.15) is 5.01 Å². The lowest BCUT2D eigenvalue weighted by molar-refractivity contribution is -0.125. The Morgan fingerprint density at radius 3 is 2.56 bits per heavy atom. The van der Waals surface area contributed by atoms with Crippen LogP contribution in [0.2, 0.25) is 0 Å². The van der Waals surface area contributed by atoms with Crippen molar-refractivity contribution in [3.05, 3.63) is 16.1 Å². The number of nitrogens with two attached hydrogens (primary N) is 1. The molecule has 0 bridgehead atoms. The largest absolute Gasteiger partial charge is 0.346 e. The quantitative estimate of drug-likeness (QED) is 0.882. The van der Waals surface area contributed by atoms with Crippen molar-refractivity contribution in [1.82, 2.24) is 10.3 Å². The lowest BCUT2D eigenvalue weighted by Crippen LogP contribution is -2.49. The van der Waals surface area contributed by atoms with Gasteiger partial charge in [-0.05, 0) is 18.8 Å². The summed E-state index contributed by atoms with van der Waals surface area (Å²) in [4.78, 5) is 16.5. The average Bonchev–Trinajstić information content (AvgIpc) is 2.69. The van der Waals surface area contributed by atoms with Gasteiger partial charge in [-0.2, -0.15) is 0 Å². The summed E-state index contributed by atoms with van der Waals surface area (Å²) in [7, 11) is 0. The number of carbonyl (C=O) groups is 1. The van der Waals surface area contributed by atoms with Gasteiger partial charge in [-0.25, -0.2) is 4.98 Å². The van der Waals surface area contributed by atoms with Crippen molar-refractivity contribution in [3.63, 3.8) is 0 Å². The molecule has 0 saturated heterocycles. The summed E-state index contributed by atoms with van der Waals surface area (Å²) < 4.78 is 0. The standard InChI is InChI=1S/C13H23N3OS/c1-6-9(12-15-8(2)7-18-12)16-11(17)10(14)13(3,4)5/h7,9-10H,6,14H2,1-5H3,(H,16,17)/t9?,10-/m1/s1. The number of hydrogen-bond acceptors (Lipinski definition) is 4. The maximum absolute atomic E-state index is 12.1. The monoisotopic (exact) mass is 269 g/mol. The highest BCUT2D eigenvalue weighted by Crippen LogP contribution is 2.23. The Morgan fingerprint density at radius 2 is 2.17 bits per heavy atom. The Hall–Kier alpha value is -0.940. The highest BCUT2D eigenvalue weighted by molar-refractivity contribution is 7.09. The van der Waals surface area contributed by atoms with Gasteiger partial charge in [-0.3, -0.25) is 4.79 Å². The van der Waals surface area contributed by atoms with Gasteiger partial charge in [0.05, 0.1) is 12.1 Å². The van der Waals surface area contributed by atoms with Crippen molar-refractivity contribution in [3.8, 4) is 0 Å². The molecule has 1 unspecified atom stereocenters. The van der Waals surface area contributed by atoms with Crippen LogP contribution in [-0.4, -0.2) is 16.9 Å². The maximum Gasteiger partial charge on any atom is 0.238 e. The van der Waals surface area contributed by atoms with Crippen LogP contribution in [0.3, 0.4) is 0 Å². The third-order valence-corrected chi connectivity index (χ3v) is 3.95. The molecule has 1 amide bonds. The molecule has 0 fully saturated rings. The van der Waals surface area contributed by atoms with Crippen molar-refractivity contribution in [2.24, 2.45) is 11.1 Å². The van der Waals surface area contributed by atoms with Crippen molar-refractivity contribution < 1.29 is 4.79 Å². The maximum atomic E-state index is 12.1. The van der Waals surface area contributed by atoms with Gasteiger partial charge in [0, 0.05) is 11.1 Å². The van der Waals surface area contributed by atoms with Crippen LogP contribution in [0.5, 0.6) is 0 Å². The molecule has 0 aliphatic heterocycles. The highest BCUT2D eigenvalue weighted by Gasteiger charge is 2.29. The number of rotatable bonds is 4. The van der Waals surface area contributed by atoms with Crippen LogP contribution in [0.4, 0.5) is 0 Å². The molecule has 1 rings (SSSR count). The van der Waals surface area contributed by atoms with Crippen LogP contribution < -0.4 is 11.1 Å². The molecule has 3 N–H and O–H groups in total. The molecule has 0 saturated carbocycles. The minimum absolute atomic E-state index is 0.0374. The van der Waals surface area contributed by atoms with E-state index >= 15 is 0 Å². The van der Waals surface area contributed by atoms with Gasteiger partial charge < -0.3 is 11.1 Å². The molecular weight excluding hydrogens is 246 g/mol. The fourth-order valence-corrected chi connectivity index (χ4v) is 2.46. The second-order valence-electron chi connectivity index (χ2n) is 5.64. The molecule has 5 heteroatoms. The summed E-state index contributed by atoms with van der Waals surface area (Å²) in [6.45, 7) is 9.88. The molecule has 2 atom stereocenters. The van der Waals surface area contributed by atoms with Crippen molar-refractivity contribution >= 4 is 17.2 Å². The zero-order valence-corrected chi connectivity index (χ0v) is 12.6. The molecule has 102 valence electrons. The minimum Gasteiger partial charge on any atom is -0.346 e. The van der Waals surface area contributed by atoms with Crippen LogP contribution in [-0.2, 0) is 4.79 Å². The molecule has 4 nitrogen and oxygen atoms in total. The summed E-state index contributed by atoms with van der Waals surface area (Å²) in [6.07, 6.45) is 0.815. The SMILES string of the molecule is CCC(NC(=O)[C@@H](N)C(C)(C)C)c1nc(C)cs1. The summed E-state index contributed by atoms with van der Waals surface area (Å²) >= 11 is 1.58. The minimum atomic E-state index is -0.507. The molecule has 1 heterocycles. The molecule has 0 radical (unpaired) electrons. The number of hydrogen-bond donors (Lipinski definition) is 2. The summed E-state index contributed by atoms with van der Waals surface area (Å²) in [5.74, 6) is -0.109. The first-order valence-electron chi connectivity index (χ1n) is 6.23. The van der Waals surface area contributed by atoms with E-state index in [9.17, 15) is 4.79 Å². The zero-order chi connectivity index (χ0) is 13.9. The predicted octanol–water partition coefficient (Wildman–Crippen LogP) is 2.39. The number of nitrogens with zero attached hydrogens (tertiary/aromatic N) is 1. The lowest BCUT2D eigenvalue weighted by atomic mass is 9.87. The number of amides is 1. The summed E-state index contributed by atoms with van der Waals surface area (Å²) in [5, 5.41) is 5.93. The van der Waals surface area contributed by atoms with E-state index in [2.05, 4.69) is 10.3 Å². The van der Waals surface area contributed by atoms with Crippen LogP contribution in [0.1, 0.15) is 50.9 Å². The summed E-state index contributed by atoms with van der Waals surface area (Å²) in [5.41, 5.74) is 6.71. The van der Waals surface area contributed by atoms with Crippen LogP contribution >= 0.6 is 11.3 Å². The van der Waals surface area contributed by atoms with E-state index in [1.165, 1.54) is 0 Å². The number of thiazole rings is 1. The van der Waals surface area contributed by atoms with E-state index in [0.717, 1.165) is 17.1 Å². The Kier molecular flexibility index (Phi) is 4.87. The van der Waals surface area contributed by atoms with Gasteiger partial charge in [0.15, 0.2) is 0 Å². The smallest absolute Gasteiger partial charge is 0.238 e. The lowest BCUT2D eigenvalue weighted by Gasteiger charge is -2.27. The molecule has 0 aliphatic carbocycles. The topological polar surface area (TPSA) is 68.0 Å². The van der Waals surface area contributed by atoms with Crippen LogP contribution in [0.15, 0.2) is 5.38 Å². The average molecular weight is 269 g/mol. The fourth-order valence-electron chi connectivity index (χ4n) is 1.53. The van der Waals surface area contributed by atoms with Crippen molar-refractivity contribution in [1.29, 1.82) is 0 Å². The second kappa shape index (κ2) is 5.80. The molecule has 18 heavy (non-hydrogen) atoms. The molecule has 1 aromatic heterocycles. The second-order valence-corrected chi connectivity index (χ2v) is 6.53. The van der Waals surface area contributed by atoms with E-state index < -0.39 is 6.04 Å². The van der Waals surface area contributed by atoms with E-state index in [4.69, 9.17) is 5.73 Å². The van der Waals surface area contributed by atoms with E-state index in [1.807, 2.05) is 40.0 Å². The third-order valence-electron chi connectivity index (χ3n) is 2.88. The number of nitrogens with one attached hydrogen (secondary N) is 1. The Labute approximate surface area is 113 Å². The van der Waals surface area contributed by atoms with Gasteiger partial charge in [-0.15, -0.1) is 11.3 Å². The van der Waals surface area contributed by atoms with E-state index in [1.54, 1.807) is 11.3 Å². The normalized spacial score (nSPS) is 15.2. The first-order chi connectivity index (χ1) is 8.25. The first kappa shape index (κ1) is 15.1. The van der Waals surface area contributed by atoms with Crippen molar-refractivity contribution in [2.75, 3.05) is 0 Å². The van der Waals surface area contributed by atoms with Crippen LogP contribution in [0.25, 0.3) is 0 Å². The van der Waals surface area contributed by atoms with E-state index in [0.29, 0.717) is 0 Å². The number of carbonyl (C=O) groups excluding carboxylic acids is 1. The Morgan fingerprint density at radius 1 is 1.56 bits per heavy atom. The highest BCUT2D eigenvalue weighted by atomic mass is 32.1. The van der Waals surface area contributed by atoms with Crippen molar-refractivity contribution in [2.45, 2.75) is 53.1 Å².